The van der Waals surface area contributed by atoms with Crippen molar-refractivity contribution in [2.75, 3.05) is 0 Å². The van der Waals surface area contributed by atoms with Crippen LogP contribution in [0.2, 0.25) is 5.02 Å². The van der Waals surface area contributed by atoms with Gasteiger partial charge in [0, 0.05) is 11.4 Å². The molecule has 0 N–H and O–H groups in total. The smallest absolute Gasteiger partial charge is 0.154 e. The minimum absolute atomic E-state index is 0.130. The topological polar surface area (TPSA) is 40.9 Å². The Morgan fingerprint density at radius 3 is 2.78 bits per heavy atom. The van der Waals surface area contributed by atoms with Crippen molar-refractivity contribution in [3.05, 3.63) is 34.6 Å². The predicted octanol–water partition coefficient (Wildman–Crippen LogP) is 4.24. The Balaban J connectivity index is 2.83. The van der Waals surface area contributed by atoms with E-state index in [-0.39, 0.29) is 10.8 Å². The number of rotatable bonds is 6. The quantitative estimate of drug-likeness (QED) is 0.724. The van der Waals surface area contributed by atoms with Gasteiger partial charge in [-0.1, -0.05) is 37.4 Å². The van der Waals surface area contributed by atoms with Crippen LogP contribution in [0.15, 0.2) is 18.2 Å². The van der Waals surface area contributed by atoms with Crippen molar-refractivity contribution in [1.82, 2.24) is 0 Å². The number of benzene rings is 1. The highest BCUT2D eigenvalue weighted by atomic mass is 35.5. The second-order valence-corrected chi connectivity index (χ2v) is 4.56. The van der Waals surface area contributed by atoms with Crippen molar-refractivity contribution in [3.8, 4) is 6.07 Å². The van der Waals surface area contributed by atoms with Crippen molar-refractivity contribution in [3.63, 3.8) is 0 Å². The van der Waals surface area contributed by atoms with Crippen LogP contribution in [0, 0.1) is 17.1 Å². The first-order valence-electron chi connectivity index (χ1n) is 5.97. The molecule has 0 fully saturated rings. The van der Waals surface area contributed by atoms with Gasteiger partial charge in [0.15, 0.2) is 5.78 Å². The molecule has 0 saturated heterocycles. The van der Waals surface area contributed by atoms with Crippen LogP contribution in [0.25, 0.3) is 0 Å². The molecule has 96 valence electrons. The Bertz CT molecular complexity index is 467. The van der Waals surface area contributed by atoms with Gasteiger partial charge in [0.1, 0.15) is 11.7 Å². The first-order valence-corrected chi connectivity index (χ1v) is 6.35. The second-order valence-electron chi connectivity index (χ2n) is 4.15. The first-order chi connectivity index (χ1) is 8.60. The lowest BCUT2D eigenvalue weighted by atomic mass is 9.93. The Hall–Kier alpha value is -1.40. The van der Waals surface area contributed by atoms with Crippen molar-refractivity contribution >= 4 is 17.4 Å². The lowest BCUT2D eigenvalue weighted by molar-refractivity contribution is -0.119. The van der Waals surface area contributed by atoms with Crippen LogP contribution in [0.1, 0.15) is 44.1 Å². The van der Waals surface area contributed by atoms with Crippen LogP contribution in [0.3, 0.4) is 0 Å². The fourth-order valence-electron chi connectivity index (χ4n) is 1.74. The van der Waals surface area contributed by atoms with E-state index in [9.17, 15) is 9.18 Å². The minimum Gasteiger partial charge on any atom is -0.298 e. The van der Waals surface area contributed by atoms with Gasteiger partial charge in [0.2, 0.25) is 0 Å². The predicted molar refractivity (Wildman–Crippen MR) is 68.9 cm³/mol. The average Bonchev–Trinajstić information content (AvgIpc) is 2.33. The summed E-state index contributed by atoms with van der Waals surface area (Å²) < 4.78 is 12.9. The number of Topliss-reactive ketones (excluding diaryl/α,β-unsaturated/α-hetero) is 1. The summed E-state index contributed by atoms with van der Waals surface area (Å²) in [4.78, 5) is 11.9. The molecule has 0 radical (unpaired) electrons. The molecule has 1 aromatic rings. The lowest BCUT2D eigenvalue weighted by Crippen LogP contribution is -2.11. The van der Waals surface area contributed by atoms with Gasteiger partial charge in [-0.15, -0.1) is 0 Å². The van der Waals surface area contributed by atoms with Gasteiger partial charge >= 0.3 is 0 Å². The molecule has 1 rings (SSSR count). The highest BCUT2D eigenvalue weighted by Crippen LogP contribution is 2.27. The maximum absolute atomic E-state index is 12.9. The van der Waals surface area contributed by atoms with E-state index in [1.807, 2.05) is 13.0 Å². The molecule has 0 heterocycles. The van der Waals surface area contributed by atoms with E-state index in [1.54, 1.807) is 0 Å². The van der Waals surface area contributed by atoms with Gasteiger partial charge < -0.3 is 0 Å². The van der Waals surface area contributed by atoms with E-state index < -0.39 is 11.7 Å². The van der Waals surface area contributed by atoms with E-state index in [0.717, 1.165) is 25.3 Å². The second kappa shape index (κ2) is 7.13. The van der Waals surface area contributed by atoms with Gasteiger partial charge in [-0.25, -0.2) is 4.39 Å². The molecule has 0 saturated carbocycles. The Kier molecular flexibility index (Phi) is 5.80. The van der Waals surface area contributed by atoms with Crippen molar-refractivity contribution < 1.29 is 9.18 Å². The average molecular weight is 268 g/mol. The highest BCUT2D eigenvalue weighted by Gasteiger charge is 2.22. The van der Waals surface area contributed by atoms with E-state index in [1.165, 1.54) is 12.1 Å². The molecule has 18 heavy (non-hydrogen) atoms. The summed E-state index contributed by atoms with van der Waals surface area (Å²) >= 11 is 5.87. The molecule has 1 unspecified atom stereocenters. The zero-order chi connectivity index (χ0) is 13.5. The molecule has 0 amide bonds. The summed E-state index contributed by atoms with van der Waals surface area (Å²) in [6.45, 7) is 2.04. The van der Waals surface area contributed by atoms with E-state index in [0.29, 0.717) is 12.0 Å². The van der Waals surface area contributed by atoms with Gasteiger partial charge in [-0.05, 0) is 24.1 Å². The summed E-state index contributed by atoms with van der Waals surface area (Å²) in [5.74, 6) is -1.52. The number of ketones is 1. The fraction of sp³-hybridized carbons (Fsp3) is 0.429. The molecule has 1 atom stereocenters. The maximum Gasteiger partial charge on any atom is 0.154 e. The van der Waals surface area contributed by atoms with E-state index in [2.05, 4.69) is 0 Å². The SMILES string of the molecule is CCCCCC(=O)C(C#N)c1ccc(F)cc1Cl. The third kappa shape index (κ3) is 3.82. The molecule has 1 aromatic carbocycles. The van der Waals surface area contributed by atoms with Crippen LogP contribution < -0.4 is 0 Å². The number of hydrogen-bond acceptors (Lipinski definition) is 2. The zero-order valence-electron chi connectivity index (χ0n) is 10.2. The number of hydrogen-bond donors (Lipinski definition) is 0. The third-order valence-corrected chi connectivity index (χ3v) is 3.08. The van der Waals surface area contributed by atoms with Crippen LogP contribution in [0.4, 0.5) is 4.39 Å². The Labute approximate surface area is 111 Å². The number of carbonyl (C=O) groups is 1. The van der Waals surface area contributed by atoms with Crippen LogP contribution in [0.5, 0.6) is 0 Å². The number of unbranched alkanes of at least 4 members (excludes halogenated alkanes) is 2. The largest absolute Gasteiger partial charge is 0.298 e. The Morgan fingerprint density at radius 1 is 1.50 bits per heavy atom. The molecule has 0 spiro atoms. The van der Waals surface area contributed by atoms with Gasteiger partial charge in [-0.2, -0.15) is 5.26 Å². The van der Waals surface area contributed by atoms with Crippen molar-refractivity contribution in [2.24, 2.45) is 0 Å². The monoisotopic (exact) mass is 267 g/mol. The summed E-state index contributed by atoms with van der Waals surface area (Å²) in [5, 5.41) is 9.21. The molecule has 0 aromatic heterocycles. The zero-order valence-corrected chi connectivity index (χ0v) is 11.0. The van der Waals surface area contributed by atoms with Crippen LogP contribution >= 0.6 is 11.6 Å². The van der Waals surface area contributed by atoms with Crippen molar-refractivity contribution in [1.29, 1.82) is 5.26 Å². The highest BCUT2D eigenvalue weighted by molar-refractivity contribution is 6.31. The molecule has 0 aliphatic heterocycles. The minimum atomic E-state index is -0.894. The Morgan fingerprint density at radius 2 is 2.22 bits per heavy atom. The summed E-state index contributed by atoms with van der Waals surface area (Å²) in [6, 6.07) is 5.69. The summed E-state index contributed by atoms with van der Waals surface area (Å²) in [7, 11) is 0. The molecular formula is C14H15ClFNO. The fourth-order valence-corrected chi connectivity index (χ4v) is 2.02. The van der Waals surface area contributed by atoms with Gasteiger partial charge in [-0.3, -0.25) is 4.79 Å². The van der Waals surface area contributed by atoms with Crippen LogP contribution in [-0.2, 0) is 4.79 Å². The summed E-state index contributed by atoms with van der Waals surface area (Å²) in [6.07, 6.45) is 3.11. The van der Waals surface area contributed by atoms with E-state index >= 15 is 0 Å². The third-order valence-electron chi connectivity index (χ3n) is 2.75. The number of halogens is 2. The van der Waals surface area contributed by atoms with Gasteiger partial charge in [0.25, 0.3) is 0 Å². The molecule has 0 aliphatic carbocycles. The molecular weight excluding hydrogens is 253 g/mol. The normalized spacial score (nSPS) is 11.9. The molecule has 0 bridgehead atoms. The number of nitriles is 1. The summed E-state index contributed by atoms with van der Waals surface area (Å²) in [5.41, 5.74) is 0.391. The molecule has 0 aliphatic rings. The van der Waals surface area contributed by atoms with E-state index in [4.69, 9.17) is 16.9 Å². The van der Waals surface area contributed by atoms with Gasteiger partial charge in [0.05, 0.1) is 6.07 Å². The number of carbonyl (C=O) groups excluding carboxylic acids is 1. The molecule has 4 heteroatoms. The standard InChI is InChI=1S/C14H15ClFNO/c1-2-3-4-5-14(18)12(9-17)11-7-6-10(16)8-13(11)15/h6-8,12H,2-5H2,1H3. The number of nitrogens with zero attached hydrogens (tertiary/aromatic N) is 1. The van der Waals surface area contributed by atoms with Crippen LogP contribution in [-0.4, -0.2) is 5.78 Å². The maximum atomic E-state index is 12.9. The first kappa shape index (κ1) is 14.7. The lowest BCUT2D eigenvalue weighted by Gasteiger charge is -2.10. The molecule has 2 nitrogen and oxygen atoms in total. The van der Waals surface area contributed by atoms with Crippen molar-refractivity contribution in [2.45, 2.75) is 38.5 Å².